The highest BCUT2D eigenvalue weighted by Crippen LogP contribution is 2.25. The Labute approximate surface area is 122 Å². The molecule has 0 bridgehead atoms. The molecule has 0 radical (unpaired) electrons. The summed E-state index contributed by atoms with van der Waals surface area (Å²) in [6, 6.07) is 4.60. The molecule has 0 spiro atoms. The fourth-order valence-corrected chi connectivity index (χ4v) is 1.81. The fourth-order valence-electron chi connectivity index (χ4n) is 1.81. The largest absolute Gasteiger partial charge is 0.397 e. The summed E-state index contributed by atoms with van der Waals surface area (Å²) in [7, 11) is 3.23. The number of carbonyl (C=O) groups excluding carboxylic acids is 3. The quantitative estimate of drug-likeness (QED) is 0.563. The molecule has 3 amide bonds. The number of nitrogens with zero attached hydrogens (tertiary/aromatic N) is 2. The topological polar surface area (TPSA) is 136 Å². The van der Waals surface area contributed by atoms with Crippen molar-refractivity contribution in [2.75, 3.05) is 37.8 Å². The van der Waals surface area contributed by atoms with Gasteiger partial charge in [-0.2, -0.15) is 0 Å². The molecule has 6 N–H and O–H groups in total. The van der Waals surface area contributed by atoms with E-state index in [9.17, 15) is 14.4 Å². The zero-order chi connectivity index (χ0) is 16.2. The van der Waals surface area contributed by atoms with Crippen molar-refractivity contribution < 1.29 is 14.4 Å². The Kier molecular flexibility index (Phi) is 5.12. The van der Waals surface area contributed by atoms with Crippen molar-refractivity contribution in [2.24, 2.45) is 11.5 Å². The molecule has 0 atom stereocenters. The Morgan fingerprint density at radius 1 is 1.05 bits per heavy atom. The molecule has 114 valence electrons. The number of carbonyl (C=O) groups is 3. The van der Waals surface area contributed by atoms with Gasteiger partial charge in [-0.05, 0) is 18.2 Å². The first-order valence-electron chi connectivity index (χ1n) is 6.15. The first kappa shape index (κ1) is 16.3. The van der Waals surface area contributed by atoms with Crippen molar-refractivity contribution in [3.8, 4) is 0 Å². The van der Waals surface area contributed by atoms with Crippen LogP contribution in [0.15, 0.2) is 18.2 Å². The SMILES string of the molecule is CN(C)C(=O)c1ccc(N)c(N(CC(N)=O)CC(N)=O)c1. The minimum absolute atomic E-state index is 0.227. The van der Waals surface area contributed by atoms with Gasteiger partial charge in [0.25, 0.3) is 5.91 Å². The van der Waals surface area contributed by atoms with E-state index in [-0.39, 0.29) is 19.0 Å². The van der Waals surface area contributed by atoms with Crippen LogP contribution in [0.3, 0.4) is 0 Å². The van der Waals surface area contributed by atoms with E-state index in [1.807, 2.05) is 0 Å². The molecule has 0 aliphatic rings. The van der Waals surface area contributed by atoms with Gasteiger partial charge in [-0.3, -0.25) is 14.4 Å². The maximum Gasteiger partial charge on any atom is 0.253 e. The predicted octanol–water partition coefficient (Wildman–Crippen LogP) is -1.25. The Morgan fingerprint density at radius 3 is 2.00 bits per heavy atom. The first-order valence-corrected chi connectivity index (χ1v) is 6.15. The molecule has 0 heterocycles. The molecule has 0 aromatic heterocycles. The van der Waals surface area contributed by atoms with Crippen LogP contribution in [0, 0.1) is 0 Å². The molecule has 1 aromatic rings. The van der Waals surface area contributed by atoms with Crippen LogP contribution in [0.5, 0.6) is 0 Å². The van der Waals surface area contributed by atoms with E-state index in [0.717, 1.165) is 0 Å². The van der Waals surface area contributed by atoms with E-state index < -0.39 is 11.8 Å². The highest BCUT2D eigenvalue weighted by molar-refractivity contribution is 5.97. The highest BCUT2D eigenvalue weighted by Gasteiger charge is 2.17. The van der Waals surface area contributed by atoms with E-state index in [2.05, 4.69) is 0 Å². The zero-order valence-electron chi connectivity index (χ0n) is 12.0. The maximum absolute atomic E-state index is 12.0. The van der Waals surface area contributed by atoms with Crippen molar-refractivity contribution in [1.82, 2.24) is 4.90 Å². The van der Waals surface area contributed by atoms with Crippen LogP contribution in [0.25, 0.3) is 0 Å². The van der Waals surface area contributed by atoms with Crippen LogP contribution in [0.4, 0.5) is 11.4 Å². The van der Waals surface area contributed by atoms with E-state index >= 15 is 0 Å². The lowest BCUT2D eigenvalue weighted by molar-refractivity contribution is -0.117. The molecule has 8 nitrogen and oxygen atoms in total. The minimum Gasteiger partial charge on any atom is -0.397 e. The summed E-state index contributed by atoms with van der Waals surface area (Å²) in [4.78, 5) is 36.9. The Bertz CT molecular complexity index is 555. The van der Waals surface area contributed by atoms with Gasteiger partial charge in [0.15, 0.2) is 0 Å². The molecular formula is C13H19N5O3. The highest BCUT2D eigenvalue weighted by atomic mass is 16.2. The number of primary amides is 2. The number of nitrogens with two attached hydrogens (primary N) is 3. The van der Waals surface area contributed by atoms with Gasteiger partial charge in [-0.25, -0.2) is 0 Å². The molecule has 8 heteroatoms. The second-order valence-corrected chi connectivity index (χ2v) is 4.76. The van der Waals surface area contributed by atoms with E-state index in [4.69, 9.17) is 17.2 Å². The summed E-state index contributed by atoms with van der Waals surface area (Å²) in [5.74, 6) is -1.51. The van der Waals surface area contributed by atoms with Crippen molar-refractivity contribution >= 4 is 29.1 Å². The van der Waals surface area contributed by atoms with Crippen molar-refractivity contribution in [1.29, 1.82) is 0 Å². The molecule has 0 aliphatic heterocycles. The third-order valence-corrected chi connectivity index (χ3v) is 2.72. The Morgan fingerprint density at radius 2 is 1.57 bits per heavy atom. The second kappa shape index (κ2) is 6.60. The van der Waals surface area contributed by atoms with Gasteiger partial charge in [0.1, 0.15) is 0 Å². The van der Waals surface area contributed by atoms with Gasteiger partial charge in [-0.15, -0.1) is 0 Å². The summed E-state index contributed by atoms with van der Waals surface area (Å²) >= 11 is 0. The maximum atomic E-state index is 12.0. The molecule has 21 heavy (non-hydrogen) atoms. The van der Waals surface area contributed by atoms with Crippen molar-refractivity contribution in [3.05, 3.63) is 23.8 Å². The predicted molar refractivity (Wildman–Crippen MR) is 79.5 cm³/mol. The lowest BCUT2D eigenvalue weighted by Gasteiger charge is -2.24. The van der Waals surface area contributed by atoms with Crippen LogP contribution in [0.2, 0.25) is 0 Å². The monoisotopic (exact) mass is 293 g/mol. The van der Waals surface area contributed by atoms with E-state index in [1.54, 1.807) is 20.2 Å². The van der Waals surface area contributed by atoms with E-state index in [1.165, 1.54) is 21.9 Å². The number of benzene rings is 1. The van der Waals surface area contributed by atoms with Gasteiger partial charge >= 0.3 is 0 Å². The third kappa shape index (κ3) is 4.37. The molecular weight excluding hydrogens is 274 g/mol. The zero-order valence-corrected chi connectivity index (χ0v) is 12.0. The van der Waals surface area contributed by atoms with E-state index in [0.29, 0.717) is 16.9 Å². The fraction of sp³-hybridized carbons (Fsp3) is 0.308. The average molecular weight is 293 g/mol. The average Bonchev–Trinajstić information content (AvgIpc) is 2.36. The minimum atomic E-state index is -0.639. The first-order chi connectivity index (χ1) is 9.72. The number of rotatable bonds is 6. The summed E-state index contributed by atoms with van der Waals surface area (Å²) < 4.78 is 0. The molecule has 0 saturated carbocycles. The van der Waals surface area contributed by atoms with Crippen LogP contribution in [-0.2, 0) is 9.59 Å². The second-order valence-electron chi connectivity index (χ2n) is 4.76. The number of amides is 3. The third-order valence-electron chi connectivity index (χ3n) is 2.72. The number of nitrogen functional groups attached to an aromatic ring is 1. The molecule has 1 rings (SSSR count). The lowest BCUT2D eigenvalue weighted by Crippen LogP contribution is -2.40. The summed E-state index contributed by atoms with van der Waals surface area (Å²) in [6.07, 6.45) is 0. The normalized spacial score (nSPS) is 10.0. The molecule has 1 aromatic carbocycles. The van der Waals surface area contributed by atoms with Gasteiger partial charge in [-0.1, -0.05) is 0 Å². The molecule has 0 aliphatic carbocycles. The lowest BCUT2D eigenvalue weighted by atomic mass is 10.1. The number of hydrogen-bond donors (Lipinski definition) is 3. The van der Waals surface area contributed by atoms with Gasteiger partial charge in [0.05, 0.1) is 24.5 Å². The van der Waals surface area contributed by atoms with Crippen molar-refractivity contribution in [2.45, 2.75) is 0 Å². The number of anilines is 2. The molecule has 0 unspecified atom stereocenters. The standard InChI is InChI=1S/C13H19N5O3/c1-17(2)13(21)8-3-4-9(14)10(5-8)18(6-11(15)19)7-12(16)20/h3-5H,6-7,14H2,1-2H3,(H2,15,19)(H2,16,20). The van der Waals surface area contributed by atoms with Gasteiger partial charge in [0.2, 0.25) is 11.8 Å². The van der Waals surface area contributed by atoms with Crippen LogP contribution in [0.1, 0.15) is 10.4 Å². The summed E-state index contributed by atoms with van der Waals surface area (Å²) in [6.45, 7) is -0.459. The van der Waals surface area contributed by atoms with Gasteiger partial charge < -0.3 is 27.0 Å². The smallest absolute Gasteiger partial charge is 0.253 e. The van der Waals surface area contributed by atoms with Crippen LogP contribution < -0.4 is 22.1 Å². The summed E-state index contributed by atoms with van der Waals surface area (Å²) in [5, 5.41) is 0. The Balaban J connectivity index is 3.22. The molecule has 0 fully saturated rings. The number of hydrogen-bond acceptors (Lipinski definition) is 5. The van der Waals surface area contributed by atoms with Crippen molar-refractivity contribution in [3.63, 3.8) is 0 Å². The Hall–Kier alpha value is -2.77. The van der Waals surface area contributed by atoms with Gasteiger partial charge in [0, 0.05) is 19.7 Å². The van der Waals surface area contributed by atoms with Crippen LogP contribution >= 0.6 is 0 Å². The molecule has 0 saturated heterocycles. The summed E-state index contributed by atoms with van der Waals surface area (Å²) in [5.41, 5.74) is 17.2. The van der Waals surface area contributed by atoms with Crippen LogP contribution in [-0.4, -0.2) is 49.8 Å².